The summed E-state index contributed by atoms with van der Waals surface area (Å²) < 4.78 is 9.24. The second-order valence-electron chi connectivity index (χ2n) is 7.47. The summed E-state index contributed by atoms with van der Waals surface area (Å²) in [6.07, 6.45) is 4.35. The van der Waals surface area contributed by atoms with E-state index in [2.05, 4.69) is 72.0 Å². The maximum atomic E-state index is 5.89. The summed E-state index contributed by atoms with van der Waals surface area (Å²) >= 11 is 3.51. The fourth-order valence-corrected chi connectivity index (χ4v) is 4.34. The van der Waals surface area contributed by atoms with Gasteiger partial charge in [-0.15, -0.1) is 10.2 Å². The number of hydrogen-bond acceptors (Lipinski definition) is 4. The largest absolute Gasteiger partial charge is 0.491 e. The van der Waals surface area contributed by atoms with Crippen molar-refractivity contribution in [1.82, 2.24) is 19.7 Å². The van der Waals surface area contributed by atoms with Crippen LogP contribution >= 0.6 is 15.9 Å². The molecule has 0 amide bonds. The Kier molecular flexibility index (Phi) is 5.21. The molecule has 0 saturated carbocycles. The van der Waals surface area contributed by atoms with Crippen molar-refractivity contribution in [2.24, 2.45) is 0 Å². The number of fused-ring (bicyclic) bond motifs is 3. The highest BCUT2D eigenvalue weighted by molar-refractivity contribution is 9.10. The van der Waals surface area contributed by atoms with E-state index in [1.54, 1.807) is 0 Å². The number of ether oxygens (including phenoxy) is 1. The molecule has 0 fully saturated rings. The van der Waals surface area contributed by atoms with Gasteiger partial charge in [-0.1, -0.05) is 46.3 Å². The third-order valence-electron chi connectivity index (χ3n) is 5.69. The number of para-hydroxylation sites is 1. The molecular formula is C23H23BrN4O. The van der Waals surface area contributed by atoms with E-state index >= 15 is 0 Å². The molecule has 0 spiro atoms. The van der Waals surface area contributed by atoms with Crippen LogP contribution < -0.4 is 4.74 Å². The normalized spacial score (nSPS) is 16.4. The van der Waals surface area contributed by atoms with Crippen LogP contribution in [0.3, 0.4) is 0 Å². The molecule has 1 aromatic heterocycles. The van der Waals surface area contributed by atoms with Gasteiger partial charge in [-0.05, 0) is 41.8 Å². The lowest BCUT2D eigenvalue weighted by Crippen LogP contribution is -2.31. The lowest BCUT2D eigenvalue weighted by molar-refractivity contribution is 0.293. The van der Waals surface area contributed by atoms with E-state index in [-0.39, 0.29) is 0 Å². The van der Waals surface area contributed by atoms with Gasteiger partial charge in [0.05, 0.1) is 12.1 Å². The van der Waals surface area contributed by atoms with Crippen molar-refractivity contribution < 1.29 is 4.74 Å². The van der Waals surface area contributed by atoms with E-state index in [9.17, 15) is 0 Å². The molecule has 3 aromatic rings. The van der Waals surface area contributed by atoms with Gasteiger partial charge in [0, 0.05) is 30.5 Å². The van der Waals surface area contributed by atoms with Gasteiger partial charge in [-0.2, -0.15) is 0 Å². The molecule has 0 radical (unpaired) electrons. The van der Waals surface area contributed by atoms with Crippen LogP contribution in [0.2, 0.25) is 0 Å². The average Bonchev–Trinajstić information content (AvgIpc) is 3.07. The highest BCUT2D eigenvalue weighted by Crippen LogP contribution is 2.31. The van der Waals surface area contributed by atoms with Crippen molar-refractivity contribution in [3.8, 4) is 17.1 Å². The summed E-state index contributed by atoms with van der Waals surface area (Å²) in [5.74, 6) is 2.86. The molecule has 0 atom stereocenters. The molecule has 2 aromatic carbocycles. The highest BCUT2D eigenvalue weighted by Gasteiger charge is 2.21. The summed E-state index contributed by atoms with van der Waals surface area (Å²) in [5, 5.41) is 8.98. The molecule has 0 saturated heterocycles. The van der Waals surface area contributed by atoms with Gasteiger partial charge in [0.15, 0.2) is 5.82 Å². The summed E-state index contributed by atoms with van der Waals surface area (Å²) in [6, 6.07) is 16.7. The molecule has 29 heavy (non-hydrogen) atoms. The van der Waals surface area contributed by atoms with Crippen LogP contribution in [-0.4, -0.2) is 45.9 Å². The molecule has 2 aliphatic heterocycles. The van der Waals surface area contributed by atoms with Crippen LogP contribution in [0, 0.1) is 0 Å². The van der Waals surface area contributed by atoms with Crippen molar-refractivity contribution in [3.05, 3.63) is 70.5 Å². The van der Waals surface area contributed by atoms with Crippen molar-refractivity contribution >= 4 is 21.5 Å². The zero-order chi connectivity index (χ0) is 19.6. The topological polar surface area (TPSA) is 43.2 Å². The Balaban J connectivity index is 1.26. The third-order valence-corrected chi connectivity index (χ3v) is 6.22. The fourth-order valence-electron chi connectivity index (χ4n) is 4.08. The summed E-state index contributed by atoms with van der Waals surface area (Å²) in [7, 11) is 0. The molecule has 148 valence electrons. The quantitative estimate of drug-likeness (QED) is 0.589. The van der Waals surface area contributed by atoms with Gasteiger partial charge in [-0.3, -0.25) is 4.90 Å². The van der Waals surface area contributed by atoms with E-state index in [4.69, 9.17) is 4.74 Å². The molecular weight excluding hydrogens is 428 g/mol. The van der Waals surface area contributed by atoms with Crippen LogP contribution in [0.5, 0.6) is 5.75 Å². The van der Waals surface area contributed by atoms with Crippen LogP contribution in [0.15, 0.2) is 59.1 Å². The Morgan fingerprint density at radius 3 is 2.69 bits per heavy atom. The fraction of sp³-hybridized carbons (Fsp3) is 0.304. The van der Waals surface area contributed by atoms with E-state index in [0.29, 0.717) is 6.61 Å². The van der Waals surface area contributed by atoms with Gasteiger partial charge in [-0.25, -0.2) is 0 Å². The minimum Gasteiger partial charge on any atom is -0.491 e. The van der Waals surface area contributed by atoms with Gasteiger partial charge < -0.3 is 9.30 Å². The van der Waals surface area contributed by atoms with Crippen LogP contribution in [-0.2, 0) is 13.0 Å². The van der Waals surface area contributed by atoms with Crippen LogP contribution in [0.4, 0.5) is 0 Å². The number of benzene rings is 2. The van der Waals surface area contributed by atoms with Crippen molar-refractivity contribution in [2.75, 3.05) is 26.2 Å². The molecule has 0 N–H and O–H groups in total. The maximum absolute atomic E-state index is 5.89. The Hall–Kier alpha value is -2.44. The third kappa shape index (κ3) is 3.87. The first-order valence-electron chi connectivity index (χ1n) is 10.1. The molecule has 0 aliphatic carbocycles. The minimum absolute atomic E-state index is 0.651. The number of hydrogen-bond donors (Lipinski definition) is 0. The van der Waals surface area contributed by atoms with E-state index < -0.39 is 0 Å². The first-order chi connectivity index (χ1) is 14.3. The highest BCUT2D eigenvalue weighted by atomic mass is 79.9. The molecule has 0 unspecified atom stereocenters. The second-order valence-corrected chi connectivity index (χ2v) is 8.39. The van der Waals surface area contributed by atoms with Gasteiger partial charge in [0.1, 0.15) is 18.2 Å². The molecule has 5 nitrogen and oxygen atoms in total. The zero-order valence-electron chi connectivity index (χ0n) is 16.2. The smallest absolute Gasteiger partial charge is 0.167 e. The SMILES string of the molecule is Brc1ccc(C2=CCN(CCc3nnc4n3CCOc3ccccc3-4)CC2)cc1. The Bertz CT molecular complexity index is 1040. The molecule has 6 heteroatoms. The number of halogens is 1. The summed E-state index contributed by atoms with van der Waals surface area (Å²) in [5.41, 5.74) is 3.80. The Morgan fingerprint density at radius 2 is 1.86 bits per heavy atom. The predicted molar refractivity (Wildman–Crippen MR) is 118 cm³/mol. The lowest BCUT2D eigenvalue weighted by Gasteiger charge is -2.26. The molecule has 2 aliphatic rings. The molecule has 0 bridgehead atoms. The molecule has 3 heterocycles. The van der Waals surface area contributed by atoms with Gasteiger partial charge in [0.25, 0.3) is 0 Å². The van der Waals surface area contributed by atoms with E-state index in [1.165, 1.54) is 11.1 Å². The van der Waals surface area contributed by atoms with E-state index in [0.717, 1.165) is 66.5 Å². The lowest BCUT2D eigenvalue weighted by atomic mass is 9.99. The first-order valence-corrected chi connectivity index (χ1v) is 10.9. The standard InChI is InChI=1S/C23H23BrN4O/c24-19-7-5-17(6-8-19)18-9-12-27(13-10-18)14-11-22-25-26-23-20-3-1-2-4-21(20)29-16-15-28(22)23/h1-9H,10-16H2. The average molecular weight is 451 g/mol. The van der Waals surface area contributed by atoms with Crippen molar-refractivity contribution in [2.45, 2.75) is 19.4 Å². The molecule has 5 rings (SSSR count). The number of rotatable bonds is 4. The van der Waals surface area contributed by atoms with Crippen molar-refractivity contribution in [1.29, 1.82) is 0 Å². The Morgan fingerprint density at radius 1 is 1.00 bits per heavy atom. The first kappa shape index (κ1) is 18.6. The monoisotopic (exact) mass is 450 g/mol. The van der Waals surface area contributed by atoms with E-state index in [1.807, 2.05) is 18.2 Å². The maximum Gasteiger partial charge on any atom is 0.167 e. The number of aromatic nitrogens is 3. The zero-order valence-corrected chi connectivity index (χ0v) is 17.8. The summed E-state index contributed by atoms with van der Waals surface area (Å²) in [4.78, 5) is 2.49. The van der Waals surface area contributed by atoms with Gasteiger partial charge >= 0.3 is 0 Å². The van der Waals surface area contributed by atoms with Crippen LogP contribution in [0.1, 0.15) is 17.8 Å². The van der Waals surface area contributed by atoms with Gasteiger partial charge in [0.2, 0.25) is 0 Å². The Labute approximate surface area is 179 Å². The predicted octanol–water partition coefficient (Wildman–Crippen LogP) is 4.43. The minimum atomic E-state index is 0.651. The van der Waals surface area contributed by atoms with Crippen molar-refractivity contribution in [3.63, 3.8) is 0 Å². The second kappa shape index (κ2) is 8.13. The summed E-state index contributed by atoms with van der Waals surface area (Å²) in [6.45, 7) is 4.50. The van der Waals surface area contributed by atoms with Crippen LogP contribution in [0.25, 0.3) is 17.0 Å². The number of nitrogens with zero attached hydrogens (tertiary/aromatic N) is 4.